The number of hydrogen-bond acceptors (Lipinski definition) is 5. The Morgan fingerprint density at radius 2 is 2.08 bits per heavy atom. The quantitative estimate of drug-likeness (QED) is 0.441. The van der Waals surface area contributed by atoms with Crippen molar-refractivity contribution in [3.63, 3.8) is 0 Å². The molecule has 1 aliphatic rings. The van der Waals surface area contributed by atoms with E-state index in [4.69, 9.17) is 4.74 Å². The molecule has 188 valence electrons. The van der Waals surface area contributed by atoms with Gasteiger partial charge in [0.1, 0.15) is 28.9 Å². The fourth-order valence-electron chi connectivity index (χ4n) is 4.25. The number of carbonyl (C=O) groups is 2. The minimum absolute atomic E-state index is 0.0128. The van der Waals surface area contributed by atoms with Gasteiger partial charge in [0.25, 0.3) is 5.91 Å². The summed E-state index contributed by atoms with van der Waals surface area (Å²) in [6, 6.07) is 11.8. The van der Waals surface area contributed by atoms with Crippen LogP contribution in [0, 0.1) is 11.2 Å². The first-order valence-electron chi connectivity index (χ1n) is 11.8. The average molecular weight is 508 g/mol. The first kappa shape index (κ1) is 25.6. The fourth-order valence-corrected chi connectivity index (χ4v) is 4.94. The summed E-state index contributed by atoms with van der Waals surface area (Å²) in [7, 11) is 0. The van der Waals surface area contributed by atoms with Crippen LogP contribution in [-0.4, -0.2) is 34.8 Å². The van der Waals surface area contributed by atoms with Gasteiger partial charge in [-0.2, -0.15) is 0 Å². The average Bonchev–Trinajstić information content (AvgIpc) is 3.33. The SMILES string of the molecule is C=CCNC(=O)c1csc(COc2ccc3c(c2)[C@H](c2cccc(F)c2)N(C(=O)C(C)(C)C)CC3)n1. The lowest BCUT2D eigenvalue weighted by molar-refractivity contribution is -0.141. The van der Waals surface area contributed by atoms with Crippen LogP contribution in [0.15, 0.2) is 60.5 Å². The van der Waals surface area contributed by atoms with E-state index < -0.39 is 11.5 Å². The second kappa shape index (κ2) is 10.6. The van der Waals surface area contributed by atoms with Crippen LogP contribution in [0.4, 0.5) is 4.39 Å². The molecule has 0 aliphatic carbocycles. The largest absolute Gasteiger partial charge is 0.486 e. The van der Waals surface area contributed by atoms with Gasteiger partial charge in [-0.25, -0.2) is 9.37 Å². The minimum atomic E-state index is -0.572. The Morgan fingerprint density at radius 3 is 2.81 bits per heavy atom. The first-order chi connectivity index (χ1) is 17.2. The summed E-state index contributed by atoms with van der Waals surface area (Å²) in [6.45, 7) is 10.4. The van der Waals surface area contributed by atoms with Crippen molar-refractivity contribution in [2.24, 2.45) is 5.41 Å². The summed E-state index contributed by atoms with van der Waals surface area (Å²) in [5.41, 5.74) is 2.52. The number of fused-ring (bicyclic) bond motifs is 1. The van der Waals surface area contributed by atoms with E-state index in [1.165, 1.54) is 23.5 Å². The van der Waals surface area contributed by atoms with Crippen molar-refractivity contribution < 1.29 is 18.7 Å². The van der Waals surface area contributed by atoms with Gasteiger partial charge in [0.05, 0.1) is 6.04 Å². The summed E-state index contributed by atoms with van der Waals surface area (Å²) >= 11 is 1.35. The highest BCUT2D eigenvalue weighted by molar-refractivity contribution is 7.09. The molecule has 0 saturated heterocycles. The number of ether oxygens (including phenoxy) is 1. The molecule has 1 aromatic heterocycles. The van der Waals surface area contributed by atoms with Crippen LogP contribution in [0.1, 0.15) is 59.0 Å². The molecule has 1 atom stereocenters. The summed E-state index contributed by atoms with van der Waals surface area (Å²) < 4.78 is 20.2. The number of thiazole rings is 1. The second-order valence-corrected chi connectivity index (χ2v) is 10.7. The van der Waals surface area contributed by atoms with E-state index in [-0.39, 0.29) is 24.2 Å². The number of benzene rings is 2. The number of halogens is 1. The number of amides is 2. The van der Waals surface area contributed by atoms with Gasteiger partial charge in [0.15, 0.2) is 0 Å². The number of aromatic nitrogens is 1. The fraction of sp³-hybridized carbons (Fsp3) is 0.321. The molecule has 0 unspecified atom stereocenters. The van der Waals surface area contributed by atoms with Gasteiger partial charge in [-0.15, -0.1) is 17.9 Å². The van der Waals surface area contributed by atoms with Gasteiger partial charge in [-0.05, 0) is 47.4 Å². The van der Waals surface area contributed by atoms with Crippen molar-refractivity contribution in [1.82, 2.24) is 15.2 Å². The van der Waals surface area contributed by atoms with Crippen LogP contribution in [0.5, 0.6) is 5.75 Å². The molecule has 2 aromatic carbocycles. The molecule has 36 heavy (non-hydrogen) atoms. The standard InChI is InChI=1S/C28H30FN3O3S/c1-5-12-30-26(33)23-17-36-24(31-23)16-35-21-10-9-18-11-13-32(27(34)28(2,3)4)25(22(18)15-21)19-7-6-8-20(29)14-19/h5-10,14-15,17,25H,1,11-13,16H2,2-4H3,(H,30,33)/t25-/m0/s1. The van der Waals surface area contributed by atoms with Crippen LogP contribution < -0.4 is 10.1 Å². The van der Waals surface area contributed by atoms with Crippen molar-refractivity contribution in [2.45, 2.75) is 39.8 Å². The lowest BCUT2D eigenvalue weighted by atomic mass is 9.85. The first-order valence-corrected chi connectivity index (χ1v) is 12.7. The maximum atomic E-state index is 14.2. The predicted molar refractivity (Wildman–Crippen MR) is 139 cm³/mol. The van der Waals surface area contributed by atoms with Crippen molar-refractivity contribution >= 4 is 23.2 Å². The number of carbonyl (C=O) groups excluding carboxylic acids is 2. The third-order valence-corrected chi connectivity index (χ3v) is 6.79. The molecule has 8 heteroatoms. The highest BCUT2D eigenvalue weighted by Crippen LogP contribution is 2.39. The summed E-state index contributed by atoms with van der Waals surface area (Å²) in [6.07, 6.45) is 2.32. The number of rotatable bonds is 7. The Bertz CT molecular complexity index is 1280. The topological polar surface area (TPSA) is 71.5 Å². The van der Waals surface area contributed by atoms with E-state index >= 15 is 0 Å². The van der Waals surface area contributed by atoms with Gasteiger partial charge in [-0.3, -0.25) is 9.59 Å². The molecule has 1 N–H and O–H groups in total. The van der Waals surface area contributed by atoms with Crippen molar-refractivity contribution in [3.05, 3.63) is 93.7 Å². The van der Waals surface area contributed by atoms with E-state index in [9.17, 15) is 14.0 Å². The highest BCUT2D eigenvalue weighted by atomic mass is 32.1. The van der Waals surface area contributed by atoms with E-state index in [1.54, 1.807) is 17.5 Å². The molecule has 0 saturated carbocycles. The maximum Gasteiger partial charge on any atom is 0.271 e. The van der Waals surface area contributed by atoms with E-state index in [0.29, 0.717) is 36.0 Å². The molecule has 6 nitrogen and oxygen atoms in total. The molecule has 0 bridgehead atoms. The molecule has 2 amide bonds. The van der Waals surface area contributed by atoms with Crippen LogP contribution >= 0.6 is 11.3 Å². The molecule has 3 aromatic rings. The van der Waals surface area contributed by atoms with Crippen molar-refractivity contribution in [2.75, 3.05) is 13.1 Å². The molecular formula is C28H30FN3O3S. The molecule has 0 fully saturated rings. The smallest absolute Gasteiger partial charge is 0.271 e. The van der Waals surface area contributed by atoms with E-state index in [2.05, 4.69) is 16.9 Å². The van der Waals surface area contributed by atoms with Gasteiger partial charge in [0, 0.05) is 23.9 Å². The normalized spacial score (nSPS) is 15.2. The lowest BCUT2D eigenvalue weighted by Gasteiger charge is -2.41. The highest BCUT2D eigenvalue weighted by Gasteiger charge is 2.37. The summed E-state index contributed by atoms with van der Waals surface area (Å²) in [5.74, 6) is 0.0338. The molecule has 0 spiro atoms. The molecule has 2 heterocycles. The number of nitrogens with one attached hydrogen (secondary N) is 1. The van der Waals surface area contributed by atoms with E-state index in [1.807, 2.05) is 49.9 Å². The van der Waals surface area contributed by atoms with Crippen molar-refractivity contribution in [1.29, 1.82) is 0 Å². The zero-order chi connectivity index (χ0) is 25.9. The third kappa shape index (κ3) is 5.65. The molecular weight excluding hydrogens is 477 g/mol. The van der Waals surface area contributed by atoms with Gasteiger partial charge in [-0.1, -0.05) is 45.0 Å². The predicted octanol–water partition coefficient (Wildman–Crippen LogP) is 5.30. The monoisotopic (exact) mass is 507 g/mol. The maximum absolute atomic E-state index is 14.2. The molecule has 1 aliphatic heterocycles. The Labute approximate surface area is 214 Å². The minimum Gasteiger partial charge on any atom is -0.486 e. The van der Waals surface area contributed by atoms with Crippen LogP contribution in [0.3, 0.4) is 0 Å². The van der Waals surface area contributed by atoms with Gasteiger partial charge >= 0.3 is 0 Å². The summed E-state index contributed by atoms with van der Waals surface area (Å²) in [4.78, 5) is 31.7. The van der Waals surface area contributed by atoms with E-state index in [0.717, 1.165) is 16.7 Å². The number of hydrogen-bond donors (Lipinski definition) is 1. The zero-order valence-corrected chi connectivity index (χ0v) is 21.5. The Kier molecular flexibility index (Phi) is 7.54. The third-order valence-electron chi connectivity index (χ3n) is 5.97. The van der Waals surface area contributed by atoms with Gasteiger partial charge in [0.2, 0.25) is 5.91 Å². The van der Waals surface area contributed by atoms with Crippen LogP contribution in [-0.2, 0) is 17.8 Å². The molecule has 0 radical (unpaired) electrons. The van der Waals surface area contributed by atoms with Crippen molar-refractivity contribution in [3.8, 4) is 5.75 Å². The zero-order valence-electron chi connectivity index (χ0n) is 20.7. The lowest BCUT2D eigenvalue weighted by Crippen LogP contribution is -2.45. The number of nitrogens with zero attached hydrogens (tertiary/aromatic N) is 2. The Morgan fingerprint density at radius 1 is 1.28 bits per heavy atom. The Balaban J connectivity index is 1.60. The van der Waals surface area contributed by atoms with Gasteiger partial charge < -0.3 is 15.0 Å². The Hall–Kier alpha value is -3.52. The van der Waals surface area contributed by atoms with Crippen LogP contribution in [0.25, 0.3) is 0 Å². The van der Waals surface area contributed by atoms with Crippen LogP contribution in [0.2, 0.25) is 0 Å². The summed E-state index contributed by atoms with van der Waals surface area (Å²) in [5, 5.41) is 5.07. The second-order valence-electron chi connectivity index (χ2n) is 9.73. The molecule has 4 rings (SSSR count).